The van der Waals surface area contributed by atoms with Crippen LogP contribution in [0.25, 0.3) is 12.2 Å². The van der Waals surface area contributed by atoms with Crippen LogP contribution in [0.3, 0.4) is 0 Å². The minimum atomic E-state index is -0.922. The van der Waals surface area contributed by atoms with Crippen LogP contribution >= 0.6 is 45.2 Å². The molecular weight excluding hydrogens is 618 g/mol. The molecule has 0 radical (unpaired) electrons. The number of carbonyl (C=O) groups excluding carboxylic acids is 1. The second-order valence-corrected chi connectivity index (χ2v) is 8.45. The first-order valence-electron chi connectivity index (χ1n) is 9.10. The van der Waals surface area contributed by atoms with Crippen molar-refractivity contribution >= 4 is 80.6 Å². The number of aliphatic carboxylic acids is 1. The molecule has 0 unspecified atom stereocenters. The molecule has 0 saturated carbocycles. The van der Waals surface area contributed by atoms with Crippen molar-refractivity contribution in [3.63, 3.8) is 0 Å². The highest BCUT2D eigenvalue weighted by Crippen LogP contribution is 2.17. The quantitative estimate of drug-likeness (QED) is 0.184. The third-order valence-electron chi connectivity index (χ3n) is 3.85. The summed E-state index contributed by atoms with van der Waals surface area (Å²) in [4.78, 5) is 22.0. The van der Waals surface area contributed by atoms with E-state index in [0.717, 1.165) is 24.3 Å². The summed E-state index contributed by atoms with van der Waals surface area (Å²) in [5.74, 6) is -1.12. The van der Waals surface area contributed by atoms with Crippen molar-refractivity contribution in [3.8, 4) is 0 Å². The highest BCUT2D eigenvalue weighted by molar-refractivity contribution is 14.1. The van der Waals surface area contributed by atoms with E-state index >= 15 is 0 Å². The first-order chi connectivity index (χ1) is 14.9. The number of anilines is 2. The highest BCUT2D eigenvalue weighted by atomic mass is 127. The van der Waals surface area contributed by atoms with Gasteiger partial charge in [0.05, 0.1) is 11.4 Å². The zero-order chi connectivity index (χ0) is 22.6. The van der Waals surface area contributed by atoms with Crippen molar-refractivity contribution in [2.45, 2.75) is 0 Å². The first kappa shape index (κ1) is 24.6. The molecule has 0 aliphatic heterocycles. The Labute approximate surface area is 208 Å². The van der Waals surface area contributed by atoms with Crippen molar-refractivity contribution < 1.29 is 14.7 Å². The van der Waals surface area contributed by atoms with Gasteiger partial charge >= 0.3 is 5.97 Å². The number of nitrogen functional groups attached to an aromatic ring is 1. The molecule has 31 heavy (non-hydrogen) atoms. The lowest BCUT2D eigenvalue weighted by Crippen LogP contribution is -2.09. The van der Waals surface area contributed by atoms with E-state index in [0.29, 0.717) is 11.4 Å². The van der Waals surface area contributed by atoms with Crippen LogP contribution in [0.1, 0.15) is 11.1 Å². The number of hydrogen-bond acceptors (Lipinski definition) is 3. The molecule has 4 N–H and O–H groups in total. The summed E-state index contributed by atoms with van der Waals surface area (Å²) in [6.07, 6.45) is 6.02. The van der Waals surface area contributed by atoms with Gasteiger partial charge in [0.25, 0.3) is 0 Å². The molecule has 0 saturated heterocycles. The van der Waals surface area contributed by atoms with Gasteiger partial charge in [-0.25, -0.2) is 4.79 Å². The summed E-state index contributed by atoms with van der Waals surface area (Å²) in [6, 6.07) is 22.6. The van der Waals surface area contributed by atoms with E-state index < -0.39 is 5.97 Å². The van der Waals surface area contributed by atoms with Gasteiger partial charge in [-0.05, 0) is 92.7 Å². The molecule has 0 bridgehead atoms. The Hall–Kier alpha value is -2.66. The third-order valence-corrected chi connectivity index (χ3v) is 5.81. The predicted molar refractivity (Wildman–Crippen MR) is 144 cm³/mol. The average Bonchev–Trinajstić information content (AvgIpc) is 2.75. The predicted octanol–water partition coefficient (Wildman–Crippen LogP) is 5.91. The number of carboxylic acids is 1. The van der Waals surface area contributed by atoms with Crippen LogP contribution in [-0.2, 0) is 9.59 Å². The monoisotopic (exact) mass is 638 g/mol. The summed E-state index contributed by atoms with van der Waals surface area (Å²) < 4.78 is 2.15. The van der Waals surface area contributed by atoms with E-state index in [2.05, 4.69) is 50.5 Å². The highest BCUT2D eigenvalue weighted by Gasteiger charge is 2.01. The first-order valence-corrected chi connectivity index (χ1v) is 11.3. The van der Waals surface area contributed by atoms with Crippen LogP contribution in [-0.4, -0.2) is 17.0 Å². The Bertz CT molecular complexity index is 1110. The normalized spacial score (nSPS) is 10.5. The SMILES string of the molecule is Nc1ccccc1NC(=O)/C=C/c1ccccc1I.O=C(O)/C=C/c1ccccc1I. The van der Waals surface area contributed by atoms with Crippen LogP contribution in [0, 0.1) is 7.14 Å². The van der Waals surface area contributed by atoms with E-state index in [1.54, 1.807) is 24.3 Å². The fraction of sp³-hybridized carbons (Fsp3) is 0. The van der Waals surface area contributed by atoms with E-state index in [4.69, 9.17) is 10.8 Å². The Kier molecular flexibility index (Phi) is 10.2. The van der Waals surface area contributed by atoms with Crippen LogP contribution in [0.2, 0.25) is 0 Å². The van der Waals surface area contributed by atoms with Crippen LogP contribution < -0.4 is 11.1 Å². The van der Waals surface area contributed by atoms with Crippen molar-refractivity contribution in [2.75, 3.05) is 11.1 Å². The number of carboxylic acid groups (broad SMARTS) is 1. The number of benzene rings is 3. The van der Waals surface area contributed by atoms with Gasteiger partial charge < -0.3 is 16.2 Å². The second kappa shape index (κ2) is 12.9. The lowest BCUT2D eigenvalue weighted by atomic mass is 10.2. The average molecular weight is 638 g/mol. The minimum Gasteiger partial charge on any atom is -0.478 e. The zero-order valence-electron chi connectivity index (χ0n) is 16.3. The van der Waals surface area contributed by atoms with Crippen molar-refractivity contribution in [1.29, 1.82) is 0 Å². The molecule has 158 valence electrons. The maximum Gasteiger partial charge on any atom is 0.328 e. The molecular formula is C24H20I2N2O3. The Morgan fingerprint density at radius 1 is 0.774 bits per heavy atom. The van der Waals surface area contributed by atoms with Crippen molar-refractivity contribution in [1.82, 2.24) is 0 Å². The molecule has 3 rings (SSSR count). The Morgan fingerprint density at radius 3 is 1.77 bits per heavy atom. The molecule has 3 aromatic rings. The lowest BCUT2D eigenvalue weighted by Gasteiger charge is -2.05. The van der Waals surface area contributed by atoms with E-state index in [1.807, 2.05) is 60.7 Å². The smallest absolute Gasteiger partial charge is 0.328 e. The standard InChI is InChI=1S/C15H13IN2O.C9H7IO2/c16-12-6-2-1-5-11(12)9-10-15(19)18-14-8-4-3-7-13(14)17;10-8-4-2-1-3-7(8)5-6-9(11)12/h1-10H,17H2,(H,18,19);1-6H,(H,11,12)/b10-9+;6-5+. The van der Waals surface area contributed by atoms with Gasteiger partial charge in [-0.15, -0.1) is 0 Å². The molecule has 1 amide bonds. The summed E-state index contributed by atoms with van der Waals surface area (Å²) in [6.45, 7) is 0. The molecule has 0 atom stereocenters. The maximum absolute atomic E-state index is 11.8. The van der Waals surface area contributed by atoms with Crippen LogP contribution in [0.15, 0.2) is 84.9 Å². The third kappa shape index (κ3) is 8.93. The van der Waals surface area contributed by atoms with Crippen molar-refractivity contribution in [3.05, 3.63) is 103 Å². The number of nitrogens with one attached hydrogen (secondary N) is 1. The number of carbonyl (C=O) groups is 2. The number of amides is 1. The zero-order valence-corrected chi connectivity index (χ0v) is 20.6. The number of para-hydroxylation sites is 2. The molecule has 0 aromatic heterocycles. The fourth-order valence-electron chi connectivity index (χ4n) is 2.33. The topological polar surface area (TPSA) is 92.4 Å². The molecule has 0 aliphatic rings. The lowest BCUT2D eigenvalue weighted by molar-refractivity contribution is -0.131. The summed E-state index contributed by atoms with van der Waals surface area (Å²) in [5, 5.41) is 11.1. The number of rotatable bonds is 5. The minimum absolute atomic E-state index is 0.197. The fourth-order valence-corrected chi connectivity index (χ4v) is 3.47. The molecule has 3 aromatic carbocycles. The van der Waals surface area contributed by atoms with E-state index in [-0.39, 0.29) is 5.91 Å². The second-order valence-electron chi connectivity index (χ2n) is 6.12. The summed E-state index contributed by atoms with van der Waals surface area (Å²) >= 11 is 4.40. The number of nitrogens with two attached hydrogens (primary N) is 1. The Morgan fingerprint density at radius 2 is 1.26 bits per heavy atom. The van der Waals surface area contributed by atoms with Gasteiger partial charge in [-0.1, -0.05) is 48.5 Å². The molecule has 0 aliphatic carbocycles. The van der Waals surface area contributed by atoms with Gasteiger partial charge in [-0.2, -0.15) is 0 Å². The maximum atomic E-state index is 11.8. The van der Waals surface area contributed by atoms with Gasteiger partial charge in [0.2, 0.25) is 5.91 Å². The van der Waals surface area contributed by atoms with Crippen LogP contribution in [0.4, 0.5) is 11.4 Å². The van der Waals surface area contributed by atoms with Gasteiger partial charge in [0, 0.05) is 19.3 Å². The van der Waals surface area contributed by atoms with E-state index in [1.165, 1.54) is 6.08 Å². The molecule has 7 heteroatoms. The van der Waals surface area contributed by atoms with E-state index in [9.17, 15) is 9.59 Å². The summed E-state index contributed by atoms with van der Waals surface area (Å²) in [5.41, 5.74) is 8.88. The van der Waals surface area contributed by atoms with Crippen molar-refractivity contribution in [2.24, 2.45) is 0 Å². The largest absolute Gasteiger partial charge is 0.478 e. The molecule has 0 spiro atoms. The number of halogens is 2. The molecule has 0 heterocycles. The Balaban J connectivity index is 0.000000245. The van der Waals surface area contributed by atoms with Gasteiger partial charge in [0.1, 0.15) is 0 Å². The number of hydrogen-bond donors (Lipinski definition) is 3. The van der Waals surface area contributed by atoms with Crippen LogP contribution in [0.5, 0.6) is 0 Å². The molecule has 5 nitrogen and oxygen atoms in total. The summed E-state index contributed by atoms with van der Waals surface area (Å²) in [7, 11) is 0. The van der Waals surface area contributed by atoms with Gasteiger partial charge in [-0.3, -0.25) is 4.79 Å². The van der Waals surface area contributed by atoms with Gasteiger partial charge in [0.15, 0.2) is 0 Å². The molecule has 0 fully saturated rings.